The van der Waals surface area contributed by atoms with Crippen LogP contribution in [0.1, 0.15) is 25.2 Å². The maximum absolute atomic E-state index is 5.78. The van der Waals surface area contributed by atoms with Gasteiger partial charge in [0.1, 0.15) is 0 Å². The van der Waals surface area contributed by atoms with Crippen molar-refractivity contribution in [3.05, 3.63) is 54.1 Å². The van der Waals surface area contributed by atoms with Gasteiger partial charge in [-0.25, -0.2) is 9.97 Å². The number of nitrogens with two attached hydrogens (primary N) is 1. The van der Waals surface area contributed by atoms with E-state index in [1.807, 2.05) is 44.2 Å². The third kappa shape index (κ3) is 2.35. The number of hydrogen-bond donors (Lipinski definition) is 1. The summed E-state index contributed by atoms with van der Waals surface area (Å²) in [6, 6.07) is 10.0. The van der Waals surface area contributed by atoms with Crippen molar-refractivity contribution in [2.75, 3.05) is 5.73 Å². The Morgan fingerprint density at radius 3 is 2.48 bits per heavy atom. The van der Waals surface area contributed by atoms with Crippen LogP contribution in [0.2, 0.25) is 0 Å². The number of rotatable bonds is 3. The maximum Gasteiger partial charge on any atom is 0.280 e. The minimum atomic E-state index is -0.375. The fourth-order valence-corrected chi connectivity index (χ4v) is 2.07. The van der Waals surface area contributed by atoms with E-state index in [4.69, 9.17) is 10.3 Å². The smallest absolute Gasteiger partial charge is 0.280 e. The van der Waals surface area contributed by atoms with Crippen molar-refractivity contribution in [2.24, 2.45) is 0 Å². The Labute approximate surface area is 122 Å². The minimum absolute atomic E-state index is 0.269. The first-order valence-corrected chi connectivity index (χ1v) is 6.55. The molecule has 0 saturated carbocycles. The molecule has 0 aliphatic carbocycles. The lowest BCUT2D eigenvalue weighted by Gasteiger charge is -2.20. The largest absolute Gasteiger partial charge is 0.382 e. The first-order chi connectivity index (χ1) is 10.1. The second-order valence-electron chi connectivity index (χ2n) is 5.20. The number of benzene rings is 1. The van der Waals surface area contributed by atoms with Gasteiger partial charge in [-0.05, 0) is 19.4 Å². The Bertz CT molecular complexity index is 752. The van der Waals surface area contributed by atoms with Gasteiger partial charge in [0.05, 0.1) is 5.41 Å². The van der Waals surface area contributed by atoms with Gasteiger partial charge in [0.15, 0.2) is 17.3 Å². The summed E-state index contributed by atoms with van der Waals surface area (Å²) in [6.07, 6.45) is 3.06. The highest BCUT2D eigenvalue weighted by atomic mass is 16.5. The van der Waals surface area contributed by atoms with E-state index in [1.165, 1.54) is 12.4 Å². The molecule has 0 fully saturated rings. The fourth-order valence-electron chi connectivity index (χ4n) is 2.07. The summed E-state index contributed by atoms with van der Waals surface area (Å²) in [5, 5.41) is 4.07. The van der Waals surface area contributed by atoms with Gasteiger partial charge in [0.25, 0.3) is 5.89 Å². The molecule has 0 saturated heterocycles. The van der Waals surface area contributed by atoms with E-state index in [1.54, 1.807) is 0 Å². The van der Waals surface area contributed by atoms with Crippen LogP contribution in [0.5, 0.6) is 0 Å². The number of anilines is 1. The van der Waals surface area contributed by atoms with E-state index in [0.29, 0.717) is 11.5 Å². The van der Waals surface area contributed by atoms with Gasteiger partial charge < -0.3 is 10.3 Å². The summed E-state index contributed by atoms with van der Waals surface area (Å²) in [7, 11) is 0. The molecule has 1 aromatic carbocycles. The maximum atomic E-state index is 5.78. The normalized spacial score (nSPS) is 11.5. The zero-order chi connectivity index (χ0) is 14.9. The van der Waals surface area contributed by atoms with Crippen LogP contribution in [0.15, 0.2) is 47.2 Å². The van der Waals surface area contributed by atoms with Crippen molar-refractivity contribution in [1.82, 2.24) is 20.1 Å². The van der Waals surface area contributed by atoms with Gasteiger partial charge in [0, 0.05) is 12.4 Å². The molecule has 0 aliphatic rings. The van der Waals surface area contributed by atoms with Crippen molar-refractivity contribution < 1.29 is 4.52 Å². The van der Waals surface area contributed by atoms with Gasteiger partial charge in [-0.15, -0.1) is 0 Å². The third-order valence-electron chi connectivity index (χ3n) is 3.41. The van der Waals surface area contributed by atoms with E-state index in [0.717, 1.165) is 5.56 Å². The second kappa shape index (κ2) is 4.97. The number of nitrogens with zero attached hydrogens (tertiary/aromatic N) is 4. The lowest BCUT2D eigenvalue weighted by atomic mass is 9.84. The summed E-state index contributed by atoms with van der Waals surface area (Å²) in [5.74, 6) is 1.12. The summed E-state index contributed by atoms with van der Waals surface area (Å²) in [6.45, 7) is 4.08. The van der Waals surface area contributed by atoms with Crippen molar-refractivity contribution in [1.29, 1.82) is 0 Å². The molecule has 0 bridgehead atoms. The Balaban J connectivity index is 2.01. The molecule has 0 radical (unpaired) electrons. The Hall–Kier alpha value is -2.76. The molecule has 21 heavy (non-hydrogen) atoms. The molecule has 0 unspecified atom stereocenters. The summed E-state index contributed by atoms with van der Waals surface area (Å²) in [4.78, 5) is 12.5. The highest BCUT2D eigenvalue weighted by Crippen LogP contribution is 2.30. The first-order valence-electron chi connectivity index (χ1n) is 6.55. The van der Waals surface area contributed by atoms with Crippen LogP contribution in [-0.2, 0) is 5.41 Å². The van der Waals surface area contributed by atoms with E-state index in [-0.39, 0.29) is 17.1 Å². The zero-order valence-electron chi connectivity index (χ0n) is 11.8. The number of hydrogen-bond acceptors (Lipinski definition) is 6. The molecule has 0 atom stereocenters. The third-order valence-corrected chi connectivity index (χ3v) is 3.41. The van der Waals surface area contributed by atoms with Crippen LogP contribution in [0.3, 0.4) is 0 Å². The van der Waals surface area contributed by atoms with Crippen molar-refractivity contribution in [3.63, 3.8) is 0 Å². The first kappa shape index (κ1) is 13.2. The Morgan fingerprint density at radius 1 is 1.05 bits per heavy atom. The average Bonchev–Trinajstić information content (AvgIpc) is 2.99. The molecule has 2 N–H and O–H groups in total. The summed E-state index contributed by atoms with van der Waals surface area (Å²) >= 11 is 0. The zero-order valence-corrected chi connectivity index (χ0v) is 11.8. The predicted molar refractivity (Wildman–Crippen MR) is 78.3 cm³/mol. The van der Waals surface area contributed by atoms with Crippen molar-refractivity contribution in [2.45, 2.75) is 19.3 Å². The van der Waals surface area contributed by atoms with Gasteiger partial charge in [-0.2, -0.15) is 4.98 Å². The molecule has 3 aromatic rings. The second-order valence-corrected chi connectivity index (χ2v) is 5.20. The van der Waals surface area contributed by atoms with Crippen LogP contribution >= 0.6 is 0 Å². The SMILES string of the molecule is CC(C)(c1ccccc1)c1noc(-c2nccnc2N)n1. The molecule has 3 rings (SSSR count). The molecule has 2 heterocycles. The van der Waals surface area contributed by atoms with Gasteiger partial charge in [-0.1, -0.05) is 35.5 Å². The highest BCUT2D eigenvalue weighted by Gasteiger charge is 2.29. The van der Waals surface area contributed by atoms with Gasteiger partial charge in [0.2, 0.25) is 0 Å². The van der Waals surface area contributed by atoms with E-state index >= 15 is 0 Å². The van der Waals surface area contributed by atoms with Crippen LogP contribution in [0.4, 0.5) is 5.82 Å². The Kier molecular flexibility index (Phi) is 3.13. The standard InChI is InChI=1S/C15H15N5O/c1-15(2,10-6-4-3-5-7-10)14-19-13(21-20-14)11-12(16)18-9-8-17-11/h3-9H,1-2H3,(H2,16,18). The van der Waals surface area contributed by atoms with Crippen LogP contribution in [0, 0.1) is 0 Å². The van der Waals surface area contributed by atoms with E-state index in [2.05, 4.69) is 20.1 Å². The van der Waals surface area contributed by atoms with Crippen LogP contribution < -0.4 is 5.73 Å². The number of aromatic nitrogens is 4. The molecule has 0 spiro atoms. The van der Waals surface area contributed by atoms with Crippen LogP contribution in [-0.4, -0.2) is 20.1 Å². The molecule has 2 aromatic heterocycles. The van der Waals surface area contributed by atoms with E-state index < -0.39 is 0 Å². The molecular weight excluding hydrogens is 266 g/mol. The average molecular weight is 281 g/mol. The lowest BCUT2D eigenvalue weighted by Crippen LogP contribution is -2.20. The molecular formula is C15H15N5O. The van der Waals surface area contributed by atoms with Gasteiger partial charge in [-0.3, -0.25) is 0 Å². The predicted octanol–water partition coefficient (Wildman–Crippen LogP) is 2.43. The molecule has 6 heteroatoms. The Morgan fingerprint density at radius 2 is 1.76 bits per heavy atom. The highest BCUT2D eigenvalue weighted by molar-refractivity contribution is 5.61. The summed E-state index contributed by atoms with van der Waals surface area (Å²) < 4.78 is 5.30. The monoisotopic (exact) mass is 281 g/mol. The molecule has 106 valence electrons. The fraction of sp³-hybridized carbons (Fsp3) is 0.200. The summed E-state index contributed by atoms with van der Waals surface area (Å²) in [5.41, 5.74) is 6.91. The van der Waals surface area contributed by atoms with Crippen LogP contribution in [0.25, 0.3) is 11.6 Å². The van der Waals surface area contributed by atoms with Crippen molar-refractivity contribution >= 4 is 5.82 Å². The molecule has 0 amide bonds. The molecule has 0 aliphatic heterocycles. The van der Waals surface area contributed by atoms with Crippen molar-refractivity contribution in [3.8, 4) is 11.6 Å². The molecule has 6 nitrogen and oxygen atoms in total. The van der Waals surface area contributed by atoms with Gasteiger partial charge >= 0.3 is 0 Å². The minimum Gasteiger partial charge on any atom is -0.382 e. The topological polar surface area (TPSA) is 90.7 Å². The quantitative estimate of drug-likeness (QED) is 0.792. The van der Waals surface area contributed by atoms with E-state index in [9.17, 15) is 0 Å². The number of nitrogen functional groups attached to an aromatic ring is 1. The lowest BCUT2D eigenvalue weighted by molar-refractivity contribution is 0.407.